The first-order chi connectivity index (χ1) is 18.0. The number of hydrogen-bond acceptors (Lipinski definition) is 4. The van der Waals surface area contributed by atoms with E-state index < -0.39 is 0 Å². The van der Waals surface area contributed by atoms with Crippen molar-refractivity contribution in [2.24, 2.45) is 4.99 Å². The number of benzene rings is 2. The largest absolute Gasteiger partial charge is 0.488 e. The molecule has 0 spiro atoms. The highest BCUT2D eigenvalue weighted by atomic mass is 79.9. The SMILES string of the molecule is O=C(NC1CCCCC1)c1c(/N=C\c2ccc(OCc3ccc(Cl)cc3Cl)c(Br)c2)sc2c1CCCC2. The lowest BCUT2D eigenvalue weighted by molar-refractivity contribution is 0.0927. The molecule has 1 amide bonds. The molecule has 4 nitrogen and oxygen atoms in total. The number of aliphatic imine (C=N–C) groups is 1. The molecule has 1 saturated carbocycles. The van der Waals surface area contributed by atoms with Crippen LogP contribution in [-0.4, -0.2) is 18.2 Å². The Morgan fingerprint density at radius 1 is 1.08 bits per heavy atom. The first-order valence-electron chi connectivity index (χ1n) is 12.8. The summed E-state index contributed by atoms with van der Waals surface area (Å²) < 4.78 is 6.79. The molecule has 2 aliphatic rings. The predicted molar refractivity (Wildman–Crippen MR) is 157 cm³/mol. The Balaban J connectivity index is 1.32. The summed E-state index contributed by atoms with van der Waals surface area (Å²) in [6, 6.07) is 11.5. The van der Waals surface area contributed by atoms with Crippen molar-refractivity contribution in [3.05, 3.63) is 78.0 Å². The number of ether oxygens (including phenoxy) is 1. The minimum Gasteiger partial charge on any atom is -0.488 e. The summed E-state index contributed by atoms with van der Waals surface area (Å²) in [7, 11) is 0. The normalized spacial score (nSPS) is 16.1. The zero-order valence-corrected chi connectivity index (χ0v) is 24.4. The Morgan fingerprint density at radius 2 is 1.89 bits per heavy atom. The average molecular weight is 620 g/mol. The lowest BCUT2D eigenvalue weighted by atomic mass is 9.93. The van der Waals surface area contributed by atoms with E-state index >= 15 is 0 Å². The van der Waals surface area contributed by atoms with Gasteiger partial charge in [-0.2, -0.15) is 0 Å². The monoisotopic (exact) mass is 618 g/mol. The highest BCUT2D eigenvalue weighted by Crippen LogP contribution is 2.40. The first kappa shape index (κ1) is 26.7. The van der Waals surface area contributed by atoms with Crippen LogP contribution in [0, 0.1) is 0 Å². The fourth-order valence-electron chi connectivity index (χ4n) is 5.02. The molecule has 37 heavy (non-hydrogen) atoms. The fourth-order valence-corrected chi connectivity index (χ4v) is 7.23. The van der Waals surface area contributed by atoms with Crippen LogP contribution in [-0.2, 0) is 19.4 Å². The Labute approximate surface area is 240 Å². The number of fused-ring (bicyclic) bond motifs is 1. The molecule has 0 atom stereocenters. The minimum atomic E-state index is 0.0456. The molecule has 8 heteroatoms. The van der Waals surface area contributed by atoms with Gasteiger partial charge in [0.05, 0.1) is 10.0 Å². The van der Waals surface area contributed by atoms with Gasteiger partial charge in [-0.25, -0.2) is 4.99 Å². The average Bonchev–Trinajstić information content (AvgIpc) is 3.27. The number of aryl methyl sites for hydroxylation is 1. The van der Waals surface area contributed by atoms with Crippen molar-refractivity contribution in [3.8, 4) is 5.75 Å². The molecule has 0 aliphatic heterocycles. The number of thiophene rings is 1. The van der Waals surface area contributed by atoms with Gasteiger partial charge in [-0.05, 0) is 95.9 Å². The maximum absolute atomic E-state index is 13.4. The zero-order chi connectivity index (χ0) is 25.8. The summed E-state index contributed by atoms with van der Waals surface area (Å²) in [5.41, 5.74) is 3.79. The van der Waals surface area contributed by atoms with E-state index in [2.05, 4.69) is 21.2 Å². The van der Waals surface area contributed by atoms with Crippen LogP contribution in [0.2, 0.25) is 10.0 Å². The van der Waals surface area contributed by atoms with Gasteiger partial charge in [0.15, 0.2) is 0 Å². The van der Waals surface area contributed by atoms with Crippen LogP contribution in [0.5, 0.6) is 5.75 Å². The third kappa shape index (κ3) is 6.59. The molecule has 194 valence electrons. The molecule has 1 heterocycles. The van der Waals surface area contributed by atoms with Gasteiger partial charge in [0, 0.05) is 32.7 Å². The molecule has 1 aromatic heterocycles. The Morgan fingerprint density at radius 3 is 2.68 bits per heavy atom. The highest BCUT2D eigenvalue weighted by molar-refractivity contribution is 9.10. The highest BCUT2D eigenvalue weighted by Gasteiger charge is 2.27. The van der Waals surface area contributed by atoms with E-state index in [0.717, 1.165) is 58.3 Å². The summed E-state index contributed by atoms with van der Waals surface area (Å²) in [5, 5.41) is 5.30. The van der Waals surface area contributed by atoms with Crippen molar-refractivity contribution in [2.45, 2.75) is 70.4 Å². The van der Waals surface area contributed by atoms with Gasteiger partial charge >= 0.3 is 0 Å². The topological polar surface area (TPSA) is 50.7 Å². The maximum Gasteiger partial charge on any atom is 0.254 e. The summed E-state index contributed by atoms with van der Waals surface area (Å²) in [5.74, 6) is 0.756. The number of nitrogens with one attached hydrogen (secondary N) is 1. The summed E-state index contributed by atoms with van der Waals surface area (Å²) in [4.78, 5) is 19.5. The number of carbonyl (C=O) groups excluding carboxylic acids is 1. The van der Waals surface area contributed by atoms with E-state index in [1.165, 1.54) is 36.1 Å². The fraction of sp³-hybridized carbons (Fsp3) is 0.379. The first-order valence-corrected chi connectivity index (χ1v) is 15.2. The Hall–Kier alpha value is -1.86. The molecule has 0 radical (unpaired) electrons. The van der Waals surface area contributed by atoms with E-state index in [9.17, 15) is 4.79 Å². The van der Waals surface area contributed by atoms with Crippen molar-refractivity contribution in [2.75, 3.05) is 0 Å². The summed E-state index contributed by atoms with van der Waals surface area (Å²) >= 11 is 17.5. The van der Waals surface area contributed by atoms with Gasteiger partial charge in [-0.1, -0.05) is 48.5 Å². The van der Waals surface area contributed by atoms with E-state index in [0.29, 0.717) is 22.4 Å². The maximum atomic E-state index is 13.4. The molecule has 5 rings (SSSR count). The van der Waals surface area contributed by atoms with Gasteiger partial charge in [0.2, 0.25) is 0 Å². The van der Waals surface area contributed by atoms with E-state index in [1.54, 1.807) is 23.5 Å². The minimum absolute atomic E-state index is 0.0456. The molecule has 3 aromatic rings. The van der Waals surface area contributed by atoms with Crippen LogP contribution in [0.15, 0.2) is 45.9 Å². The molecule has 0 saturated heterocycles. The second-order valence-electron chi connectivity index (χ2n) is 9.67. The number of carbonyl (C=O) groups is 1. The van der Waals surface area contributed by atoms with Crippen molar-refractivity contribution < 1.29 is 9.53 Å². The van der Waals surface area contributed by atoms with Gasteiger partial charge in [0.1, 0.15) is 17.4 Å². The Bertz CT molecular complexity index is 1320. The van der Waals surface area contributed by atoms with E-state index in [-0.39, 0.29) is 11.9 Å². The van der Waals surface area contributed by atoms with Crippen LogP contribution in [0.25, 0.3) is 0 Å². The standard InChI is InChI=1S/C29H29BrCl2N2O2S/c30-23-14-18(10-13-25(23)36-17-19-11-12-20(31)15-24(19)32)16-33-29-27(22-8-4-5-9-26(22)37-29)28(35)34-21-6-2-1-3-7-21/h10-16,21H,1-9,17H2,(H,34,35)/b33-16-. The van der Waals surface area contributed by atoms with Crippen LogP contribution >= 0.6 is 50.5 Å². The van der Waals surface area contributed by atoms with Crippen molar-refractivity contribution >= 4 is 67.6 Å². The molecule has 2 aromatic carbocycles. The predicted octanol–water partition coefficient (Wildman–Crippen LogP) is 9.09. The van der Waals surface area contributed by atoms with Crippen molar-refractivity contribution in [1.29, 1.82) is 0 Å². The van der Waals surface area contributed by atoms with Crippen molar-refractivity contribution in [1.82, 2.24) is 5.32 Å². The lowest BCUT2D eigenvalue weighted by Crippen LogP contribution is -2.36. The molecular weight excluding hydrogens is 591 g/mol. The summed E-state index contributed by atoms with van der Waals surface area (Å²) in [6.45, 7) is 0.336. The molecule has 1 fully saturated rings. The van der Waals surface area contributed by atoms with E-state index in [1.807, 2.05) is 30.5 Å². The zero-order valence-electron chi connectivity index (χ0n) is 20.5. The second kappa shape index (κ2) is 12.3. The number of amides is 1. The van der Waals surface area contributed by atoms with Crippen LogP contribution < -0.4 is 10.1 Å². The van der Waals surface area contributed by atoms with Crippen LogP contribution in [0.4, 0.5) is 5.00 Å². The third-order valence-corrected chi connectivity index (χ3v) is 9.41. The smallest absolute Gasteiger partial charge is 0.254 e. The number of hydrogen-bond donors (Lipinski definition) is 1. The number of rotatable bonds is 7. The van der Waals surface area contributed by atoms with E-state index in [4.69, 9.17) is 32.9 Å². The van der Waals surface area contributed by atoms with Gasteiger partial charge in [-0.15, -0.1) is 11.3 Å². The lowest BCUT2D eigenvalue weighted by Gasteiger charge is -2.23. The summed E-state index contributed by atoms with van der Waals surface area (Å²) in [6.07, 6.45) is 11.9. The molecular formula is C29H29BrCl2N2O2S. The molecule has 1 N–H and O–H groups in total. The van der Waals surface area contributed by atoms with Gasteiger partial charge in [0.25, 0.3) is 5.91 Å². The molecule has 2 aliphatic carbocycles. The van der Waals surface area contributed by atoms with Crippen LogP contribution in [0.3, 0.4) is 0 Å². The van der Waals surface area contributed by atoms with Gasteiger partial charge in [-0.3, -0.25) is 4.79 Å². The molecule has 0 unspecified atom stereocenters. The van der Waals surface area contributed by atoms with Crippen molar-refractivity contribution in [3.63, 3.8) is 0 Å². The quantitative estimate of drug-likeness (QED) is 0.268. The number of nitrogens with zero attached hydrogens (tertiary/aromatic N) is 1. The third-order valence-electron chi connectivity index (χ3n) is 7.01. The second-order valence-corrected chi connectivity index (χ2v) is 12.5. The number of halogens is 3. The van der Waals surface area contributed by atoms with Gasteiger partial charge < -0.3 is 10.1 Å². The Kier molecular flexibility index (Phi) is 8.91. The molecule has 0 bridgehead atoms. The van der Waals surface area contributed by atoms with Crippen LogP contribution in [0.1, 0.15) is 76.9 Å².